The van der Waals surface area contributed by atoms with Crippen molar-refractivity contribution in [3.63, 3.8) is 0 Å². The summed E-state index contributed by atoms with van der Waals surface area (Å²) in [5.41, 5.74) is 0. The van der Waals surface area contributed by atoms with Gasteiger partial charge in [0.2, 0.25) is 0 Å². The fraction of sp³-hybridized carbons (Fsp3) is 0.500. The summed E-state index contributed by atoms with van der Waals surface area (Å²) in [6.45, 7) is 0. The first-order valence-electron chi connectivity index (χ1n) is 3.67. The number of nitrogens with zero attached hydrogens (tertiary/aromatic N) is 1. The fourth-order valence-electron chi connectivity index (χ4n) is 0.935. The Kier molecular flexibility index (Phi) is 11.6. The Labute approximate surface area is 108 Å². The molecule has 0 heterocycles. The number of hydrogen-bond acceptors (Lipinski definition) is 3. The topological polar surface area (TPSA) is 35.4 Å². The van der Waals surface area contributed by atoms with E-state index in [4.69, 9.17) is 0 Å². The number of rotatable bonds is 1. The zero-order chi connectivity index (χ0) is 8.10. The summed E-state index contributed by atoms with van der Waals surface area (Å²) in [6.07, 6.45) is 7.46. The Morgan fingerprint density at radius 3 is 2.77 bits per heavy atom. The second-order valence-electron chi connectivity index (χ2n) is 2.35. The molecule has 0 aromatic heterocycles. The molecule has 0 bridgehead atoms. The minimum atomic E-state index is -0.0912. The summed E-state index contributed by atoms with van der Waals surface area (Å²) in [6, 6.07) is 0. The maximum absolute atomic E-state index is 10.8. The van der Waals surface area contributed by atoms with Gasteiger partial charge in [-0.25, -0.2) is 0 Å². The smallest absolute Gasteiger partial charge is 0.854 e. The molecule has 0 atom stereocenters. The van der Waals surface area contributed by atoms with E-state index in [0.29, 0.717) is 0 Å². The molecule has 0 spiro atoms. The Morgan fingerprint density at radius 1 is 1.62 bits per heavy atom. The number of thioether (sulfide) groups is 1. The fourth-order valence-corrected chi connectivity index (χ4v) is 1.66. The molecule has 0 saturated carbocycles. The molecule has 62 valence electrons. The first kappa shape index (κ1) is 16.2. The SMILES string of the molecule is CN=C([O-])S[C]1C=CCCC1.[Li+].[Li]. The van der Waals surface area contributed by atoms with E-state index in [9.17, 15) is 5.11 Å². The number of allylic oxidation sites excluding steroid dienone is 1. The molecular weight excluding hydrogens is 172 g/mol. The van der Waals surface area contributed by atoms with Crippen molar-refractivity contribution in [2.45, 2.75) is 19.3 Å². The van der Waals surface area contributed by atoms with E-state index in [2.05, 4.69) is 11.1 Å². The monoisotopic (exact) mass is 183 g/mol. The van der Waals surface area contributed by atoms with Gasteiger partial charge in [0.1, 0.15) is 0 Å². The molecule has 1 rings (SSSR count). The van der Waals surface area contributed by atoms with Crippen LogP contribution in [0.15, 0.2) is 17.1 Å². The minimum Gasteiger partial charge on any atom is -0.854 e. The number of hydrogen-bond donors (Lipinski definition) is 0. The summed E-state index contributed by atoms with van der Waals surface area (Å²) >= 11 is 1.24. The minimum absolute atomic E-state index is 0. The van der Waals surface area contributed by atoms with Crippen LogP contribution in [0.4, 0.5) is 0 Å². The van der Waals surface area contributed by atoms with Crippen molar-refractivity contribution in [2.24, 2.45) is 4.99 Å². The average Bonchev–Trinajstić information content (AvgIpc) is 2.06. The summed E-state index contributed by atoms with van der Waals surface area (Å²) in [5, 5.41) is 11.9. The molecule has 0 saturated heterocycles. The molecule has 0 aromatic carbocycles. The van der Waals surface area contributed by atoms with Gasteiger partial charge in [-0.1, -0.05) is 12.2 Å². The van der Waals surface area contributed by atoms with Crippen LogP contribution in [-0.4, -0.2) is 31.1 Å². The van der Waals surface area contributed by atoms with Gasteiger partial charge in [0, 0.05) is 31.1 Å². The Hall–Kier alpha value is 0.755. The van der Waals surface area contributed by atoms with Crippen LogP contribution in [0.3, 0.4) is 0 Å². The van der Waals surface area contributed by atoms with Gasteiger partial charge in [-0.05, 0) is 19.3 Å². The van der Waals surface area contributed by atoms with Crippen LogP contribution in [-0.2, 0) is 0 Å². The summed E-state index contributed by atoms with van der Waals surface area (Å²) in [4.78, 5) is 3.55. The average molecular weight is 183 g/mol. The molecule has 0 aromatic rings. The van der Waals surface area contributed by atoms with Crippen molar-refractivity contribution in [1.82, 2.24) is 0 Å². The van der Waals surface area contributed by atoms with Gasteiger partial charge < -0.3 is 5.11 Å². The Bertz CT molecular complexity index is 185. The summed E-state index contributed by atoms with van der Waals surface area (Å²) < 4.78 is 0. The van der Waals surface area contributed by atoms with E-state index in [1.54, 1.807) is 0 Å². The van der Waals surface area contributed by atoms with E-state index in [1.165, 1.54) is 18.8 Å². The molecule has 1 aliphatic carbocycles. The molecule has 0 aliphatic heterocycles. The summed E-state index contributed by atoms with van der Waals surface area (Å²) in [7, 11) is 1.53. The van der Waals surface area contributed by atoms with E-state index in [-0.39, 0.29) is 43.0 Å². The van der Waals surface area contributed by atoms with Gasteiger partial charge in [-0.3, -0.25) is 4.99 Å². The van der Waals surface area contributed by atoms with Crippen LogP contribution >= 0.6 is 11.8 Å². The van der Waals surface area contributed by atoms with Gasteiger partial charge >= 0.3 is 18.9 Å². The van der Waals surface area contributed by atoms with Gasteiger partial charge in [0.15, 0.2) is 0 Å². The van der Waals surface area contributed by atoms with E-state index in [1.807, 2.05) is 6.08 Å². The van der Waals surface area contributed by atoms with E-state index >= 15 is 0 Å². The first-order valence-corrected chi connectivity index (χ1v) is 4.48. The number of aliphatic imine (C=N–C) groups is 1. The quantitative estimate of drug-likeness (QED) is 0.267. The molecule has 0 N–H and O–H groups in total. The molecular formula is C8H11Li2NOS. The predicted octanol–water partition coefficient (Wildman–Crippen LogP) is -2.04. The van der Waals surface area contributed by atoms with Crippen LogP contribution in [0.1, 0.15) is 19.3 Å². The van der Waals surface area contributed by atoms with Crippen molar-refractivity contribution in [3.8, 4) is 0 Å². The largest absolute Gasteiger partial charge is 1.00 e. The van der Waals surface area contributed by atoms with Crippen molar-refractivity contribution >= 4 is 35.9 Å². The van der Waals surface area contributed by atoms with Crippen LogP contribution in [0.5, 0.6) is 0 Å². The van der Waals surface area contributed by atoms with Gasteiger partial charge in [-0.15, -0.1) is 11.8 Å². The molecule has 2 nitrogen and oxygen atoms in total. The predicted molar refractivity (Wildman–Crippen MR) is 52.9 cm³/mol. The second-order valence-corrected chi connectivity index (χ2v) is 3.43. The zero-order valence-corrected chi connectivity index (χ0v) is 9.36. The van der Waals surface area contributed by atoms with Gasteiger partial charge in [-0.2, -0.15) is 0 Å². The van der Waals surface area contributed by atoms with Crippen molar-refractivity contribution in [2.75, 3.05) is 7.05 Å². The third kappa shape index (κ3) is 6.78. The summed E-state index contributed by atoms with van der Waals surface area (Å²) in [5.74, 6) is 0. The van der Waals surface area contributed by atoms with Gasteiger partial charge in [0.25, 0.3) is 0 Å². The van der Waals surface area contributed by atoms with Crippen LogP contribution in [0.2, 0.25) is 0 Å². The van der Waals surface area contributed by atoms with Crippen molar-refractivity contribution < 1.29 is 24.0 Å². The standard InChI is InChI=1S/C8H12NOS.2Li/c1-9-8(10)11-7-5-3-2-4-6-7;;/h3,5H,2,4,6H2,1H3,(H,9,10);;/q;;+1/p-1. The molecule has 0 unspecified atom stereocenters. The second kappa shape index (κ2) is 9.32. The van der Waals surface area contributed by atoms with Crippen LogP contribution in [0.25, 0.3) is 0 Å². The maximum Gasteiger partial charge on any atom is 1.00 e. The molecule has 0 fully saturated rings. The first-order chi connectivity index (χ1) is 5.33. The molecule has 13 heavy (non-hydrogen) atoms. The molecule has 0 amide bonds. The normalized spacial score (nSPS) is 17.5. The van der Waals surface area contributed by atoms with Gasteiger partial charge in [0.05, 0.1) is 5.25 Å². The maximum atomic E-state index is 10.8. The van der Waals surface area contributed by atoms with E-state index < -0.39 is 0 Å². The third-order valence-electron chi connectivity index (χ3n) is 1.50. The Morgan fingerprint density at radius 2 is 2.31 bits per heavy atom. The van der Waals surface area contributed by atoms with Crippen molar-refractivity contribution in [3.05, 3.63) is 17.4 Å². The molecule has 5 heteroatoms. The molecule has 1 aliphatic rings. The zero-order valence-electron chi connectivity index (χ0n) is 8.54. The Balaban J connectivity index is 0. The third-order valence-corrected chi connectivity index (χ3v) is 2.46. The van der Waals surface area contributed by atoms with Crippen LogP contribution in [0, 0.1) is 5.25 Å². The molecule has 2 radical (unpaired) electrons. The van der Waals surface area contributed by atoms with Crippen LogP contribution < -0.4 is 24.0 Å². The van der Waals surface area contributed by atoms with Crippen molar-refractivity contribution in [1.29, 1.82) is 0 Å². The van der Waals surface area contributed by atoms with E-state index in [0.717, 1.165) is 24.5 Å².